The summed E-state index contributed by atoms with van der Waals surface area (Å²) in [5.74, 6) is 0. The van der Waals surface area contributed by atoms with Crippen molar-refractivity contribution in [2.75, 3.05) is 6.54 Å². The normalized spacial score (nSPS) is 11.1. The van der Waals surface area contributed by atoms with Crippen LogP contribution >= 0.6 is 11.6 Å². The minimum absolute atomic E-state index is 0.633. The van der Waals surface area contributed by atoms with Crippen LogP contribution in [0.2, 0.25) is 5.02 Å². The van der Waals surface area contributed by atoms with E-state index in [1.54, 1.807) is 0 Å². The summed E-state index contributed by atoms with van der Waals surface area (Å²) in [6, 6.07) is 4.10. The van der Waals surface area contributed by atoms with Crippen LogP contribution in [0.1, 0.15) is 28.1 Å². The van der Waals surface area contributed by atoms with Crippen molar-refractivity contribution in [1.29, 1.82) is 0 Å². The standard InChI is InChI=1S/C15H20ClN3/c1-9-7-10(2)15(14(16)8-9)19-12(4)13(5-6-17)11(3)18-19/h7-8H,5-6,17H2,1-4H3. The molecular weight excluding hydrogens is 258 g/mol. The summed E-state index contributed by atoms with van der Waals surface area (Å²) in [5, 5.41) is 5.37. The minimum Gasteiger partial charge on any atom is -0.330 e. The van der Waals surface area contributed by atoms with Gasteiger partial charge < -0.3 is 5.73 Å². The van der Waals surface area contributed by atoms with Crippen molar-refractivity contribution in [2.45, 2.75) is 34.1 Å². The monoisotopic (exact) mass is 277 g/mol. The largest absolute Gasteiger partial charge is 0.330 e. The highest BCUT2D eigenvalue weighted by molar-refractivity contribution is 6.32. The lowest BCUT2D eigenvalue weighted by atomic mass is 10.1. The summed E-state index contributed by atoms with van der Waals surface area (Å²) >= 11 is 6.39. The van der Waals surface area contributed by atoms with Gasteiger partial charge in [0.15, 0.2) is 0 Å². The Bertz CT molecular complexity index is 591. The first-order valence-corrected chi connectivity index (χ1v) is 6.85. The first-order valence-electron chi connectivity index (χ1n) is 6.48. The fourth-order valence-electron chi connectivity index (χ4n) is 2.58. The number of aryl methyl sites for hydroxylation is 3. The van der Waals surface area contributed by atoms with Gasteiger partial charge in [0, 0.05) is 5.69 Å². The number of rotatable bonds is 3. The molecule has 0 aliphatic rings. The van der Waals surface area contributed by atoms with Crippen molar-refractivity contribution in [3.63, 3.8) is 0 Å². The zero-order chi connectivity index (χ0) is 14.2. The molecule has 0 radical (unpaired) electrons. The van der Waals surface area contributed by atoms with Crippen molar-refractivity contribution < 1.29 is 0 Å². The second-order valence-electron chi connectivity index (χ2n) is 5.01. The maximum absolute atomic E-state index is 6.39. The third-order valence-electron chi connectivity index (χ3n) is 3.45. The molecule has 0 atom stereocenters. The van der Waals surface area contributed by atoms with Crippen LogP contribution in [0, 0.1) is 27.7 Å². The van der Waals surface area contributed by atoms with Crippen LogP contribution in [0.4, 0.5) is 0 Å². The average Bonchev–Trinajstić information content (AvgIpc) is 2.56. The Kier molecular flexibility index (Phi) is 3.97. The van der Waals surface area contributed by atoms with E-state index in [4.69, 9.17) is 17.3 Å². The summed E-state index contributed by atoms with van der Waals surface area (Å²) in [6.07, 6.45) is 0.847. The van der Waals surface area contributed by atoms with Gasteiger partial charge in [-0.2, -0.15) is 5.10 Å². The molecule has 1 heterocycles. The van der Waals surface area contributed by atoms with Crippen molar-refractivity contribution in [3.05, 3.63) is 45.2 Å². The van der Waals surface area contributed by atoms with Crippen LogP contribution in [0.3, 0.4) is 0 Å². The highest BCUT2D eigenvalue weighted by Gasteiger charge is 2.16. The molecular formula is C15H20ClN3. The summed E-state index contributed by atoms with van der Waals surface area (Å²) in [6.45, 7) is 8.83. The Morgan fingerprint density at radius 2 is 1.89 bits per heavy atom. The molecule has 0 fully saturated rings. The number of halogens is 1. The van der Waals surface area contributed by atoms with Crippen molar-refractivity contribution in [3.8, 4) is 5.69 Å². The highest BCUT2D eigenvalue weighted by atomic mass is 35.5. The third kappa shape index (κ3) is 2.53. The second kappa shape index (κ2) is 5.35. The first-order chi connectivity index (χ1) is 8.95. The van der Waals surface area contributed by atoms with Gasteiger partial charge in [-0.25, -0.2) is 4.68 Å². The Labute approximate surface area is 119 Å². The number of hydrogen-bond acceptors (Lipinski definition) is 2. The fourth-order valence-corrected chi connectivity index (χ4v) is 2.98. The van der Waals surface area contributed by atoms with Crippen LogP contribution in [0.25, 0.3) is 5.69 Å². The predicted octanol–water partition coefficient (Wildman–Crippen LogP) is 3.26. The van der Waals surface area contributed by atoms with E-state index in [2.05, 4.69) is 25.0 Å². The topological polar surface area (TPSA) is 43.8 Å². The molecule has 0 saturated carbocycles. The Morgan fingerprint density at radius 1 is 1.21 bits per heavy atom. The molecule has 0 unspecified atom stereocenters. The molecule has 2 aromatic rings. The van der Waals surface area contributed by atoms with E-state index in [-0.39, 0.29) is 0 Å². The molecule has 0 bridgehead atoms. The fraction of sp³-hybridized carbons (Fsp3) is 0.400. The zero-order valence-electron chi connectivity index (χ0n) is 11.9. The number of nitrogens with zero attached hydrogens (tertiary/aromatic N) is 2. The Morgan fingerprint density at radius 3 is 2.47 bits per heavy atom. The third-order valence-corrected chi connectivity index (χ3v) is 3.73. The molecule has 102 valence electrons. The van der Waals surface area contributed by atoms with Crippen LogP contribution < -0.4 is 5.73 Å². The van der Waals surface area contributed by atoms with Crippen LogP contribution in [-0.2, 0) is 6.42 Å². The van der Waals surface area contributed by atoms with E-state index in [0.29, 0.717) is 6.54 Å². The van der Waals surface area contributed by atoms with Gasteiger partial charge in [-0.3, -0.25) is 0 Å². The average molecular weight is 278 g/mol. The van der Waals surface area contributed by atoms with Gasteiger partial charge in [0.1, 0.15) is 0 Å². The predicted molar refractivity (Wildman–Crippen MR) is 80.3 cm³/mol. The summed E-state index contributed by atoms with van der Waals surface area (Å²) in [4.78, 5) is 0. The zero-order valence-corrected chi connectivity index (χ0v) is 12.7. The van der Waals surface area contributed by atoms with E-state index < -0.39 is 0 Å². The molecule has 1 aromatic carbocycles. The molecule has 0 saturated heterocycles. The Balaban J connectivity index is 2.63. The summed E-state index contributed by atoms with van der Waals surface area (Å²) in [5.41, 5.74) is 12.3. The number of benzene rings is 1. The van der Waals surface area contributed by atoms with Gasteiger partial charge >= 0.3 is 0 Å². The van der Waals surface area contributed by atoms with Gasteiger partial charge in [-0.15, -0.1) is 0 Å². The second-order valence-corrected chi connectivity index (χ2v) is 5.42. The van der Waals surface area contributed by atoms with Crippen molar-refractivity contribution >= 4 is 11.6 Å². The van der Waals surface area contributed by atoms with Crippen LogP contribution in [-0.4, -0.2) is 16.3 Å². The van der Waals surface area contributed by atoms with Crippen molar-refractivity contribution in [2.24, 2.45) is 5.73 Å². The molecule has 0 amide bonds. The van der Waals surface area contributed by atoms with E-state index in [0.717, 1.165) is 39.6 Å². The maximum Gasteiger partial charge on any atom is 0.0864 e. The quantitative estimate of drug-likeness (QED) is 0.936. The maximum atomic E-state index is 6.39. The molecule has 2 N–H and O–H groups in total. The molecule has 19 heavy (non-hydrogen) atoms. The van der Waals surface area contributed by atoms with Gasteiger partial charge in [0.05, 0.1) is 16.4 Å². The molecule has 2 rings (SSSR count). The number of aromatic nitrogens is 2. The summed E-state index contributed by atoms with van der Waals surface area (Å²) in [7, 11) is 0. The molecule has 1 aromatic heterocycles. The van der Waals surface area contributed by atoms with E-state index in [9.17, 15) is 0 Å². The molecule has 0 spiro atoms. The lowest BCUT2D eigenvalue weighted by molar-refractivity contribution is 0.825. The molecule has 0 aliphatic heterocycles. The lowest BCUT2D eigenvalue weighted by Crippen LogP contribution is -2.06. The molecule has 0 aliphatic carbocycles. The van der Waals surface area contributed by atoms with E-state index in [1.807, 2.05) is 24.6 Å². The number of nitrogens with two attached hydrogens (primary N) is 1. The highest BCUT2D eigenvalue weighted by Crippen LogP contribution is 2.28. The van der Waals surface area contributed by atoms with Crippen molar-refractivity contribution in [1.82, 2.24) is 9.78 Å². The van der Waals surface area contributed by atoms with Crippen LogP contribution in [0.15, 0.2) is 12.1 Å². The molecule has 3 nitrogen and oxygen atoms in total. The van der Waals surface area contributed by atoms with Gasteiger partial charge in [0.25, 0.3) is 0 Å². The van der Waals surface area contributed by atoms with Gasteiger partial charge in [0.2, 0.25) is 0 Å². The van der Waals surface area contributed by atoms with E-state index >= 15 is 0 Å². The van der Waals surface area contributed by atoms with Gasteiger partial charge in [-0.05, 0) is 63.4 Å². The molecule has 4 heteroatoms. The smallest absolute Gasteiger partial charge is 0.0864 e. The minimum atomic E-state index is 0.633. The number of hydrogen-bond donors (Lipinski definition) is 1. The Hall–Kier alpha value is -1.32. The van der Waals surface area contributed by atoms with E-state index in [1.165, 1.54) is 5.56 Å². The van der Waals surface area contributed by atoms with Crippen LogP contribution in [0.5, 0.6) is 0 Å². The first kappa shape index (κ1) is 14.1. The van der Waals surface area contributed by atoms with Gasteiger partial charge in [-0.1, -0.05) is 17.7 Å². The summed E-state index contributed by atoms with van der Waals surface area (Å²) < 4.78 is 1.94. The SMILES string of the molecule is Cc1cc(C)c(-n2nc(C)c(CCN)c2C)c(Cl)c1. The lowest BCUT2D eigenvalue weighted by Gasteiger charge is -2.12.